The van der Waals surface area contributed by atoms with Gasteiger partial charge < -0.3 is 0 Å². The van der Waals surface area contributed by atoms with E-state index >= 15 is 0 Å². The third-order valence-corrected chi connectivity index (χ3v) is 3.32. The molecule has 0 aliphatic rings. The maximum atomic E-state index is 3.10. The van der Waals surface area contributed by atoms with Gasteiger partial charge in [-0.3, -0.25) is 0 Å². The Morgan fingerprint density at radius 2 is 1.60 bits per heavy atom. The van der Waals surface area contributed by atoms with Gasteiger partial charge in [0.25, 0.3) is 0 Å². The van der Waals surface area contributed by atoms with Gasteiger partial charge in [0.1, 0.15) is 0 Å². The van der Waals surface area contributed by atoms with Crippen LogP contribution in [-0.4, -0.2) is 16.0 Å². The summed E-state index contributed by atoms with van der Waals surface area (Å²) in [6, 6.07) is 17.2. The van der Waals surface area contributed by atoms with Gasteiger partial charge in [0.05, 0.1) is 0 Å². The van der Waals surface area contributed by atoms with Crippen LogP contribution in [0.15, 0.2) is 48.5 Å². The molecule has 0 saturated carbocycles. The van der Waals surface area contributed by atoms with E-state index in [1.807, 2.05) is 0 Å². The molecule has 0 nitrogen and oxygen atoms in total. The maximum absolute atomic E-state index is 3.10. The number of hydrogen-bond donors (Lipinski definition) is 0. The molecular formula is C14H13Se. The summed E-state index contributed by atoms with van der Waals surface area (Å²) in [5.41, 5.74) is 4.04. The van der Waals surface area contributed by atoms with Crippen LogP contribution in [0, 0.1) is 6.92 Å². The molecule has 0 amide bonds. The first-order valence-electron chi connectivity index (χ1n) is 5.06. The van der Waals surface area contributed by atoms with Crippen LogP contribution in [0.2, 0.25) is 0 Å². The van der Waals surface area contributed by atoms with E-state index in [9.17, 15) is 0 Å². The molecule has 2 rings (SSSR count). The minimum absolute atomic E-state index is 1.00. The summed E-state index contributed by atoms with van der Waals surface area (Å²) in [5, 5.41) is 0. The fraction of sp³-hybridized carbons (Fsp3) is 0.143. The molecule has 0 aliphatic heterocycles. The third kappa shape index (κ3) is 2.71. The van der Waals surface area contributed by atoms with Crippen LogP contribution in [-0.2, 0) is 6.42 Å². The molecule has 0 heterocycles. The summed E-state index contributed by atoms with van der Waals surface area (Å²) < 4.78 is 1.25. The molecule has 0 fully saturated rings. The van der Waals surface area contributed by atoms with Crippen LogP contribution < -0.4 is 4.46 Å². The Kier molecular flexibility index (Phi) is 3.25. The van der Waals surface area contributed by atoms with Crippen molar-refractivity contribution in [2.75, 3.05) is 0 Å². The van der Waals surface area contributed by atoms with E-state index in [1.54, 1.807) is 0 Å². The molecule has 75 valence electrons. The number of hydrogen-bond acceptors (Lipinski definition) is 0. The van der Waals surface area contributed by atoms with Crippen LogP contribution in [0.3, 0.4) is 0 Å². The van der Waals surface area contributed by atoms with Crippen LogP contribution in [0.5, 0.6) is 0 Å². The summed E-state index contributed by atoms with van der Waals surface area (Å²) in [6.45, 7) is 2.12. The molecule has 0 spiro atoms. The summed E-state index contributed by atoms with van der Waals surface area (Å²) in [6.07, 6.45) is 1.00. The Morgan fingerprint density at radius 3 is 2.27 bits per heavy atom. The van der Waals surface area contributed by atoms with E-state index in [0.717, 1.165) is 6.42 Å². The van der Waals surface area contributed by atoms with Gasteiger partial charge in [0.15, 0.2) is 0 Å². The van der Waals surface area contributed by atoms with Gasteiger partial charge in [0.2, 0.25) is 0 Å². The predicted molar refractivity (Wildman–Crippen MR) is 65.8 cm³/mol. The van der Waals surface area contributed by atoms with Crippen molar-refractivity contribution in [3.63, 3.8) is 0 Å². The summed E-state index contributed by atoms with van der Waals surface area (Å²) in [7, 11) is 0. The van der Waals surface area contributed by atoms with Crippen LogP contribution in [0.4, 0.5) is 0 Å². The van der Waals surface area contributed by atoms with E-state index < -0.39 is 0 Å². The molecule has 1 radical (unpaired) electrons. The van der Waals surface area contributed by atoms with E-state index in [2.05, 4.69) is 71.5 Å². The SMILES string of the molecule is Cc1ccc(Cc2ccccc2[Se])cc1. The minimum atomic E-state index is 1.00. The van der Waals surface area contributed by atoms with Gasteiger partial charge in [-0.25, -0.2) is 0 Å². The van der Waals surface area contributed by atoms with Gasteiger partial charge in [-0.1, -0.05) is 0 Å². The molecular weight excluding hydrogens is 247 g/mol. The van der Waals surface area contributed by atoms with Crippen LogP contribution >= 0.6 is 0 Å². The van der Waals surface area contributed by atoms with Crippen molar-refractivity contribution in [2.45, 2.75) is 13.3 Å². The second-order valence-corrected chi connectivity index (χ2v) is 4.69. The van der Waals surface area contributed by atoms with E-state index in [0.29, 0.717) is 0 Å². The third-order valence-electron chi connectivity index (χ3n) is 2.49. The van der Waals surface area contributed by atoms with E-state index in [-0.39, 0.29) is 0 Å². The Morgan fingerprint density at radius 1 is 0.933 bits per heavy atom. The molecule has 0 atom stereocenters. The zero-order valence-electron chi connectivity index (χ0n) is 8.73. The quantitative estimate of drug-likeness (QED) is 0.727. The molecule has 1 heteroatoms. The second kappa shape index (κ2) is 4.65. The monoisotopic (exact) mass is 261 g/mol. The first-order chi connectivity index (χ1) is 7.25. The van der Waals surface area contributed by atoms with Crippen molar-refractivity contribution in [1.82, 2.24) is 0 Å². The van der Waals surface area contributed by atoms with Crippen molar-refractivity contribution in [3.05, 3.63) is 65.2 Å². The van der Waals surface area contributed by atoms with E-state index in [4.69, 9.17) is 0 Å². The molecule has 0 saturated heterocycles. The Bertz CT molecular complexity index is 443. The fourth-order valence-electron chi connectivity index (χ4n) is 1.58. The standard InChI is InChI=1S/C14H13Se/c1-11-6-8-12(9-7-11)10-13-4-2-3-5-14(13)15/h2-9H,10H2,1H3. The van der Waals surface area contributed by atoms with Gasteiger partial charge in [-0.2, -0.15) is 0 Å². The van der Waals surface area contributed by atoms with Crippen molar-refractivity contribution >= 4 is 20.5 Å². The summed E-state index contributed by atoms with van der Waals surface area (Å²) >= 11 is 3.10. The predicted octanol–water partition coefficient (Wildman–Crippen LogP) is 2.38. The van der Waals surface area contributed by atoms with Gasteiger partial charge in [0, 0.05) is 0 Å². The molecule has 2 aromatic carbocycles. The average molecular weight is 260 g/mol. The average Bonchev–Trinajstić information content (AvgIpc) is 2.25. The van der Waals surface area contributed by atoms with E-state index in [1.165, 1.54) is 21.2 Å². The van der Waals surface area contributed by atoms with Gasteiger partial charge >= 0.3 is 99.0 Å². The molecule has 15 heavy (non-hydrogen) atoms. The molecule has 0 aromatic heterocycles. The normalized spacial score (nSPS) is 10.2. The topological polar surface area (TPSA) is 0 Å². The van der Waals surface area contributed by atoms with Crippen LogP contribution in [0.25, 0.3) is 0 Å². The molecule has 2 aromatic rings. The number of rotatable bonds is 2. The molecule has 0 bridgehead atoms. The Balaban J connectivity index is 2.22. The fourth-order valence-corrected chi connectivity index (χ4v) is 2.03. The molecule has 0 N–H and O–H groups in total. The molecule has 0 unspecified atom stereocenters. The zero-order valence-corrected chi connectivity index (χ0v) is 10.4. The first-order valence-corrected chi connectivity index (χ1v) is 5.92. The Labute approximate surface area is 99.2 Å². The van der Waals surface area contributed by atoms with Crippen molar-refractivity contribution in [1.29, 1.82) is 0 Å². The van der Waals surface area contributed by atoms with Crippen molar-refractivity contribution < 1.29 is 0 Å². The number of aryl methyl sites for hydroxylation is 1. The Hall–Kier alpha value is -1.04. The van der Waals surface area contributed by atoms with Crippen molar-refractivity contribution in [2.24, 2.45) is 0 Å². The van der Waals surface area contributed by atoms with Crippen LogP contribution in [0.1, 0.15) is 16.7 Å². The summed E-state index contributed by atoms with van der Waals surface area (Å²) in [5.74, 6) is 0. The van der Waals surface area contributed by atoms with Crippen molar-refractivity contribution in [3.8, 4) is 0 Å². The van der Waals surface area contributed by atoms with Gasteiger partial charge in [-0.05, 0) is 0 Å². The summed E-state index contributed by atoms with van der Waals surface area (Å²) in [4.78, 5) is 0. The molecule has 0 aliphatic carbocycles. The zero-order chi connectivity index (χ0) is 10.7. The first kappa shape index (κ1) is 10.5. The van der Waals surface area contributed by atoms with Gasteiger partial charge in [-0.15, -0.1) is 0 Å². The second-order valence-electron chi connectivity index (χ2n) is 3.77. The number of benzene rings is 2.